The minimum atomic E-state index is -0.749. The number of aliphatic carboxylic acids is 1. The van der Waals surface area contributed by atoms with Crippen LogP contribution < -0.4 is 10.6 Å². The maximum Gasteiger partial charge on any atom is 0.303 e. The molecule has 0 spiro atoms. The van der Waals surface area contributed by atoms with Crippen molar-refractivity contribution in [2.75, 3.05) is 19.6 Å². The third-order valence-electron chi connectivity index (χ3n) is 4.46. The van der Waals surface area contributed by atoms with E-state index in [4.69, 9.17) is 5.11 Å². The normalized spacial score (nSPS) is 21.5. The first-order valence-electron chi connectivity index (χ1n) is 8.18. The molecular formula is C16H30N2O3. The van der Waals surface area contributed by atoms with Crippen LogP contribution in [0.25, 0.3) is 0 Å². The third-order valence-corrected chi connectivity index (χ3v) is 4.46. The Hall–Kier alpha value is -1.10. The Morgan fingerprint density at radius 1 is 1.33 bits per heavy atom. The van der Waals surface area contributed by atoms with Gasteiger partial charge in [-0.15, -0.1) is 0 Å². The molecule has 0 aromatic carbocycles. The van der Waals surface area contributed by atoms with Crippen LogP contribution in [0.2, 0.25) is 0 Å². The predicted molar refractivity (Wildman–Crippen MR) is 83.0 cm³/mol. The van der Waals surface area contributed by atoms with Crippen molar-refractivity contribution >= 4 is 11.9 Å². The lowest BCUT2D eigenvalue weighted by molar-refractivity contribution is -0.137. The van der Waals surface area contributed by atoms with Crippen molar-refractivity contribution in [3.63, 3.8) is 0 Å². The number of amides is 1. The van der Waals surface area contributed by atoms with Crippen LogP contribution in [0.3, 0.4) is 0 Å². The van der Waals surface area contributed by atoms with Crippen LogP contribution in [0.15, 0.2) is 0 Å². The van der Waals surface area contributed by atoms with Crippen molar-refractivity contribution in [1.29, 1.82) is 0 Å². The van der Waals surface area contributed by atoms with Crippen molar-refractivity contribution < 1.29 is 14.7 Å². The first-order valence-corrected chi connectivity index (χ1v) is 8.18. The fourth-order valence-corrected chi connectivity index (χ4v) is 2.87. The number of hydrogen-bond donors (Lipinski definition) is 3. The number of carboxylic acids is 1. The molecule has 1 fully saturated rings. The molecule has 0 saturated carbocycles. The Labute approximate surface area is 127 Å². The second-order valence-electron chi connectivity index (χ2n) is 6.46. The van der Waals surface area contributed by atoms with Gasteiger partial charge in [0.2, 0.25) is 5.91 Å². The van der Waals surface area contributed by atoms with Gasteiger partial charge in [-0.05, 0) is 56.5 Å². The minimum Gasteiger partial charge on any atom is -0.481 e. The second-order valence-corrected chi connectivity index (χ2v) is 6.46. The molecule has 3 atom stereocenters. The number of piperidine rings is 1. The van der Waals surface area contributed by atoms with Gasteiger partial charge in [0.15, 0.2) is 0 Å². The number of nitrogens with one attached hydrogen (secondary N) is 2. The molecule has 1 heterocycles. The number of hydrogen-bond acceptors (Lipinski definition) is 3. The van der Waals surface area contributed by atoms with Crippen LogP contribution in [0.5, 0.6) is 0 Å². The first-order chi connectivity index (χ1) is 9.99. The fraction of sp³-hybridized carbons (Fsp3) is 0.875. The highest BCUT2D eigenvalue weighted by atomic mass is 16.4. The summed E-state index contributed by atoms with van der Waals surface area (Å²) >= 11 is 0. The molecule has 1 saturated heterocycles. The predicted octanol–water partition coefficient (Wildman–Crippen LogP) is 2.02. The second kappa shape index (κ2) is 9.77. The summed E-state index contributed by atoms with van der Waals surface area (Å²) in [5.74, 6) is 0.738. The average molecular weight is 298 g/mol. The lowest BCUT2D eigenvalue weighted by Gasteiger charge is -2.28. The van der Waals surface area contributed by atoms with Gasteiger partial charge in [-0.1, -0.05) is 13.8 Å². The molecular weight excluding hydrogens is 268 g/mol. The van der Waals surface area contributed by atoms with E-state index in [0.717, 1.165) is 19.5 Å². The van der Waals surface area contributed by atoms with E-state index in [-0.39, 0.29) is 12.3 Å². The summed E-state index contributed by atoms with van der Waals surface area (Å²) in [6.07, 6.45) is 4.75. The average Bonchev–Trinajstić information content (AvgIpc) is 2.46. The summed E-state index contributed by atoms with van der Waals surface area (Å²) in [6.45, 7) is 6.97. The summed E-state index contributed by atoms with van der Waals surface area (Å²) < 4.78 is 0. The largest absolute Gasteiger partial charge is 0.481 e. The molecule has 1 aliphatic heterocycles. The highest BCUT2D eigenvalue weighted by Crippen LogP contribution is 2.22. The molecule has 1 aliphatic rings. The van der Waals surface area contributed by atoms with E-state index in [2.05, 4.69) is 17.6 Å². The van der Waals surface area contributed by atoms with Crippen molar-refractivity contribution in [3.05, 3.63) is 0 Å². The van der Waals surface area contributed by atoms with Crippen LogP contribution in [-0.2, 0) is 9.59 Å². The highest BCUT2D eigenvalue weighted by molar-refractivity contribution is 5.76. The van der Waals surface area contributed by atoms with Crippen molar-refractivity contribution in [2.45, 2.75) is 52.4 Å². The van der Waals surface area contributed by atoms with Crippen LogP contribution >= 0.6 is 0 Å². The monoisotopic (exact) mass is 298 g/mol. The van der Waals surface area contributed by atoms with Gasteiger partial charge in [-0.3, -0.25) is 9.59 Å². The number of carbonyl (C=O) groups excluding carboxylic acids is 1. The van der Waals surface area contributed by atoms with Crippen molar-refractivity contribution in [1.82, 2.24) is 10.6 Å². The Kier molecular flexibility index (Phi) is 8.35. The van der Waals surface area contributed by atoms with Crippen molar-refractivity contribution in [2.24, 2.45) is 17.8 Å². The van der Waals surface area contributed by atoms with E-state index in [1.807, 2.05) is 6.92 Å². The zero-order valence-electron chi connectivity index (χ0n) is 13.4. The summed E-state index contributed by atoms with van der Waals surface area (Å²) in [7, 11) is 0. The van der Waals surface area contributed by atoms with Crippen LogP contribution in [0.1, 0.15) is 52.4 Å². The molecule has 0 aliphatic carbocycles. The summed E-state index contributed by atoms with van der Waals surface area (Å²) in [5, 5.41) is 15.0. The zero-order chi connectivity index (χ0) is 15.7. The molecule has 122 valence electrons. The van der Waals surface area contributed by atoms with Gasteiger partial charge in [-0.2, -0.15) is 0 Å². The van der Waals surface area contributed by atoms with Gasteiger partial charge >= 0.3 is 5.97 Å². The smallest absolute Gasteiger partial charge is 0.303 e. The lowest BCUT2D eigenvalue weighted by atomic mass is 9.85. The van der Waals surface area contributed by atoms with E-state index in [1.165, 1.54) is 12.8 Å². The number of carbonyl (C=O) groups is 2. The first kappa shape index (κ1) is 18.0. The maximum atomic E-state index is 11.9. The maximum absolute atomic E-state index is 11.9. The quantitative estimate of drug-likeness (QED) is 0.608. The SMILES string of the molecule is CC(CCNC(=O)CC(C)C1CCCNC1)CCC(=O)O. The zero-order valence-corrected chi connectivity index (χ0v) is 13.4. The molecule has 0 aromatic rings. The van der Waals surface area contributed by atoms with E-state index in [1.54, 1.807) is 0 Å². The topological polar surface area (TPSA) is 78.4 Å². The molecule has 3 N–H and O–H groups in total. The highest BCUT2D eigenvalue weighted by Gasteiger charge is 2.21. The van der Waals surface area contributed by atoms with Crippen molar-refractivity contribution in [3.8, 4) is 0 Å². The Bertz CT molecular complexity index is 327. The van der Waals surface area contributed by atoms with E-state index < -0.39 is 5.97 Å². The van der Waals surface area contributed by atoms with Crippen LogP contribution in [0, 0.1) is 17.8 Å². The molecule has 21 heavy (non-hydrogen) atoms. The van der Waals surface area contributed by atoms with Gasteiger partial charge in [0.25, 0.3) is 0 Å². The minimum absolute atomic E-state index is 0.124. The van der Waals surface area contributed by atoms with Gasteiger partial charge in [0, 0.05) is 19.4 Å². The lowest BCUT2D eigenvalue weighted by Crippen LogP contribution is -2.35. The molecule has 5 heteroatoms. The Morgan fingerprint density at radius 2 is 2.10 bits per heavy atom. The van der Waals surface area contributed by atoms with Gasteiger partial charge in [0.1, 0.15) is 0 Å². The Balaban J connectivity index is 2.11. The molecule has 1 rings (SSSR count). The summed E-state index contributed by atoms with van der Waals surface area (Å²) in [6, 6.07) is 0. The van der Waals surface area contributed by atoms with E-state index in [9.17, 15) is 9.59 Å². The summed E-state index contributed by atoms with van der Waals surface area (Å²) in [5.41, 5.74) is 0. The van der Waals surface area contributed by atoms with E-state index >= 15 is 0 Å². The fourth-order valence-electron chi connectivity index (χ4n) is 2.87. The van der Waals surface area contributed by atoms with Crippen LogP contribution in [0.4, 0.5) is 0 Å². The standard InChI is InChI=1S/C16H30N2O3/c1-12(5-6-16(20)21)7-9-18-15(19)10-13(2)14-4-3-8-17-11-14/h12-14,17H,3-11H2,1-2H3,(H,18,19)(H,20,21). The number of carboxylic acid groups (broad SMARTS) is 1. The molecule has 0 aromatic heterocycles. The van der Waals surface area contributed by atoms with E-state index in [0.29, 0.717) is 37.1 Å². The molecule has 1 amide bonds. The number of rotatable bonds is 9. The molecule has 0 bridgehead atoms. The molecule has 3 unspecified atom stereocenters. The molecule has 5 nitrogen and oxygen atoms in total. The Morgan fingerprint density at radius 3 is 2.71 bits per heavy atom. The van der Waals surface area contributed by atoms with Crippen LogP contribution in [-0.4, -0.2) is 36.6 Å². The summed E-state index contributed by atoms with van der Waals surface area (Å²) in [4.78, 5) is 22.4. The molecule has 0 radical (unpaired) electrons. The van der Waals surface area contributed by atoms with Gasteiger partial charge < -0.3 is 15.7 Å². The van der Waals surface area contributed by atoms with Gasteiger partial charge in [-0.25, -0.2) is 0 Å². The van der Waals surface area contributed by atoms with Gasteiger partial charge in [0.05, 0.1) is 0 Å². The third kappa shape index (κ3) is 8.05.